The maximum Gasteiger partial charge on any atom is 0.0798 e. The van der Waals surface area contributed by atoms with E-state index in [-0.39, 0.29) is 13.0 Å². The van der Waals surface area contributed by atoms with Crippen LogP contribution in [0.5, 0.6) is 0 Å². The van der Waals surface area contributed by atoms with Gasteiger partial charge in [0.15, 0.2) is 0 Å². The van der Waals surface area contributed by atoms with E-state index in [0.29, 0.717) is 0 Å². The van der Waals surface area contributed by atoms with Crippen molar-refractivity contribution in [3.8, 4) is 0 Å². The highest BCUT2D eigenvalue weighted by atomic mass is 16.3. The van der Waals surface area contributed by atoms with Crippen molar-refractivity contribution in [2.24, 2.45) is 0 Å². The zero-order chi connectivity index (χ0) is 7.49. The number of aliphatic hydroxyl groups excluding tert-OH is 2. The summed E-state index contributed by atoms with van der Waals surface area (Å²) in [4.78, 5) is 0. The van der Waals surface area contributed by atoms with Crippen LogP contribution in [0.1, 0.15) is 20.3 Å². The number of aliphatic hydroxyl groups is 3. The lowest BCUT2D eigenvalue weighted by molar-refractivity contribution is -0.00260. The first kappa shape index (κ1) is 8.88. The molecule has 0 aliphatic rings. The van der Waals surface area contributed by atoms with Gasteiger partial charge in [0.05, 0.1) is 18.3 Å². The summed E-state index contributed by atoms with van der Waals surface area (Å²) in [6, 6.07) is 0. The normalized spacial score (nSPS) is 15.7. The van der Waals surface area contributed by atoms with E-state index in [0.717, 1.165) is 0 Å². The molecule has 0 rings (SSSR count). The third-order valence-corrected chi connectivity index (χ3v) is 0.946. The lowest BCUT2D eigenvalue weighted by Crippen LogP contribution is -2.28. The predicted molar refractivity (Wildman–Crippen MR) is 34.0 cm³/mol. The lowest BCUT2D eigenvalue weighted by atomic mass is 10.0. The zero-order valence-corrected chi connectivity index (χ0v) is 5.83. The van der Waals surface area contributed by atoms with Gasteiger partial charge in [-0.3, -0.25) is 0 Å². The molecular weight excluding hydrogens is 120 g/mol. The monoisotopic (exact) mass is 134 g/mol. The van der Waals surface area contributed by atoms with Gasteiger partial charge in [-0.25, -0.2) is 0 Å². The van der Waals surface area contributed by atoms with Crippen molar-refractivity contribution in [1.29, 1.82) is 0 Å². The summed E-state index contributed by atoms with van der Waals surface area (Å²) < 4.78 is 0. The molecule has 0 aliphatic carbocycles. The number of hydrogen-bond donors (Lipinski definition) is 3. The van der Waals surface area contributed by atoms with Gasteiger partial charge in [-0.15, -0.1) is 0 Å². The molecule has 0 aromatic carbocycles. The highest BCUT2D eigenvalue weighted by Gasteiger charge is 2.17. The SMILES string of the molecule is CC(C)(O)C[C@H](O)CO. The molecule has 3 heteroatoms. The Kier molecular flexibility index (Phi) is 3.11. The van der Waals surface area contributed by atoms with Crippen LogP contribution in [0.25, 0.3) is 0 Å². The van der Waals surface area contributed by atoms with Crippen molar-refractivity contribution in [1.82, 2.24) is 0 Å². The molecule has 0 radical (unpaired) electrons. The molecule has 0 unspecified atom stereocenters. The fourth-order valence-electron chi connectivity index (χ4n) is 0.641. The third-order valence-electron chi connectivity index (χ3n) is 0.946. The van der Waals surface area contributed by atoms with E-state index < -0.39 is 11.7 Å². The summed E-state index contributed by atoms with van der Waals surface area (Å²) in [6.07, 6.45) is -0.589. The highest BCUT2D eigenvalue weighted by Crippen LogP contribution is 2.09. The van der Waals surface area contributed by atoms with E-state index >= 15 is 0 Å². The Labute approximate surface area is 54.9 Å². The fourth-order valence-corrected chi connectivity index (χ4v) is 0.641. The molecule has 0 bridgehead atoms. The van der Waals surface area contributed by atoms with Crippen molar-refractivity contribution in [3.05, 3.63) is 0 Å². The standard InChI is InChI=1S/C6H14O3/c1-6(2,9)3-5(8)4-7/h5,7-9H,3-4H2,1-2H3/t5-/m0/s1. The average molecular weight is 134 g/mol. The molecule has 3 N–H and O–H groups in total. The molecule has 0 aliphatic heterocycles. The zero-order valence-electron chi connectivity index (χ0n) is 5.83. The van der Waals surface area contributed by atoms with Crippen LogP contribution in [-0.2, 0) is 0 Å². The first-order valence-corrected chi connectivity index (χ1v) is 2.97. The van der Waals surface area contributed by atoms with Crippen molar-refractivity contribution in [2.75, 3.05) is 6.61 Å². The smallest absolute Gasteiger partial charge is 0.0798 e. The minimum absolute atomic E-state index is 0.212. The van der Waals surface area contributed by atoms with Crippen molar-refractivity contribution < 1.29 is 15.3 Å². The van der Waals surface area contributed by atoms with E-state index in [1.165, 1.54) is 0 Å². The second-order valence-corrected chi connectivity index (χ2v) is 2.85. The summed E-state index contributed by atoms with van der Waals surface area (Å²) in [5, 5.41) is 26.2. The molecule has 0 saturated carbocycles. The Balaban J connectivity index is 3.47. The van der Waals surface area contributed by atoms with E-state index in [2.05, 4.69) is 0 Å². The van der Waals surface area contributed by atoms with Crippen molar-refractivity contribution in [3.63, 3.8) is 0 Å². The number of rotatable bonds is 3. The summed E-state index contributed by atoms with van der Waals surface area (Å²) in [6.45, 7) is 2.89. The minimum atomic E-state index is -0.887. The Morgan fingerprint density at radius 3 is 2.00 bits per heavy atom. The molecule has 3 nitrogen and oxygen atoms in total. The van der Waals surface area contributed by atoms with Gasteiger partial charge in [0.25, 0.3) is 0 Å². The summed E-state index contributed by atoms with van der Waals surface area (Å²) in [5.41, 5.74) is -0.887. The maximum absolute atomic E-state index is 9.05. The molecule has 0 aromatic rings. The van der Waals surface area contributed by atoms with E-state index in [9.17, 15) is 0 Å². The second kappa shape index (κ2) is 3.15. The van der Waals surface area contributed by atoms with Crippen LogP contribution in [0.3, 0.4) is 0 Å². The van der Waals surface area contributed by atoms with Crippen LogP contribution >= 0.6 is 0 Å². The molecule has 0 saturated heterocycles. The predicted octanol–water partition coefficient (Wildman–Crippen LogP) is -0.499. The average Bonchev–Trinajstić information content (AvgIpc) is 1.62. The number of hydrogen-bond acceptors (Lipinski definition) is 3. The van der Waals surface area contributed by atoms with Crippen LogP contribution < -0.4 is 0 Å². The molecule has 0 spiro atoms. The van der Waals surface area contributed by atoms with Gasteiger partial charge in [-0.2, -0.15) is 0 Å². The minimum Gasteiger partial charge on any atom is -0.394 e. The van der Waals surface area contributed by atoms with Crippen molar-refractivity contribution >= 4 is 0 Å². The first-order chi connectivity index (χ1) is 3.95. The quantitative estimate of drug-likeness (QED) is 0.487. The molecule has 0 heterocycles. The molecule has 1 atom stereocenters. The molecular formula is C6H14O3. The molecule has 56 valence electrons. The van der Waals surface area contributed by atoms with Gasteiger partial charge in [-0.1, -0.05) is 0 Å². The van der Waals surface area contributed by atoms with E-state index in [1.54, 1.807) is 13.8 Å². The summed E-state index contributed by atoms with van der Waals surface area (Å²) in [7, 11) is 0. The van der Waals surface area contributed by atoms with Gasteiger partial charge < -0.3 is 15.3 Å². The van der Waals surface area contributed by atoms with Gasteiger partial charge >= 0.3 is 0 Å². The first-order valence-electron chi connectivity index (χ1n) is 2.97. The lowest BCUT2D eigenvalue weighted by Gasteiger charge is -2.19. The Morgan fingerprint density at radius 1 is 1.44 bits per heavy atom. The Morgan fingerprint density at radius 2 is 1.89 bits per heavy atom. The van der Waals surface area contributed by atoms with Gasteiger partial charge in [-0.05, 0) is 13.8 Å². The Bertz CT molecular complexity index is 74.9. The molecule has 9 heavy (non-hydrogen) atoms. The van der Waals surface area contributed by atoms with Crippen LogP contribution in [-0.4, -0.2) is 33.6 Å². The van der Waals surface area contributed by atoms with Gasteiger partial charge in [0.1, 0.15) is 0 Å². The molecule has 0 fully saturated rings. The summed E-state index contributed by atoms with van der Waals surface area (Å²) >= 11 is 0. The largest absolute Gasteiger partial charge is 0.394 e. The molecule has 0 amide bonds. The van der Waals surface area contributed by atoms with E-state index in [1.807, 2.05) is 0 Å². The topological polar surface area (TPSA) is 60.7 Å². The second-order valence-electron chi connectivity index (χ2n) is 2.85. The van der Waals surface area contributed by atoms with Crippen LogP contribution in [0.4, 0.5) is 0 Å². The van der Waals surface area contributed by atoms with Crippen molar-refractivity contribution in [2.45, 2.75) is 32.0 Å². The Hall–Kier alpha value is -0.120. The van der Waals surface area contributed by atoms with Crippen LogP contribution in [0.15, 0.2) is 0 Å². The van der Waals surface area contributed by atoms with Crippen LogP contribution in [0, 0.1) is 0 Å². The van der Waals surface area contributed by atoms with Gasteiger partial charge in [0.2, 0.25) is 0 Å². The van der Waals surface area contributed by atoms with Crippen LogP contribution in [0.2, 0.25) is 0 Å². The maximum atomic E-state index is 9.05. The summed E-state index contributed by atoms with van der Waals surface area (Å²) in [5.74, 6) is 0. The third kappa shape index (κ3) is 5.76. The van der Waals surface area contributed by atoms with E-state index in [4.69, 9.17) is 15.3 Å². The molecule has 0 aromatic heterocycles. The fraction of sp³-hybridized carbons (Fsp3) is 1.00. The highest BCUT2D eigenvalue weighted by molar-refractivity contribution is 4.69. The van der Waals surface area contributed by atoms with Gasteiger partial charge in [0, 0.05) is 6.42 Å².